The number of anilines is 12. The first kappa shape index (κ1) is 81.5. The van der Waals surface area contributed by atoms with Crippen molar-refractivity contribution in [2.75, 3.05) is 107 Å². The average Bonchev–Trinajstić information content (AvgIpc) is 1.74. The fraction of sp³-hybridized carbons (Fsp3) is 0.583. The molecule has 604 valence electrons. The third kappa shape index (κ3) is 21.3. The van der Waals surface area contributed by atoms with Crippen LogP contribution in [0.15, 0.2) is 74.4 Å². The Morgan fingerprint density at radius 2 is 0.661 bits per heavy atom. The molecule has 0 radical (unpaired) electrons. The zero-order valence-electron chi connectivity index (χ0n) is 64.2. The number of fused-ring (bicyclic) bond motifs is 2. The monoisotopic (exact) mass is 1660 g/mol. The van der Waals surface area contributed by atoms with Gasteiger partial charge in [0.1, 0.15) is 20.1 Å². The van der Waals surface area contributed by atoms with Gasteiger partial charge in [0.05, 0.1) is 84.8 Å². The van der Waals surface area contributed by atoms with Crippen LogP contribution in [0, 0.1) is 34.5 Å². The van der Waals surface area contributed by atoms with Gasteiger partial charge in [-0.25, -0.2) is 45.4 Å². The Hall–Kier alpha value is -8.52. The normalized spacial score (nSPS) is 22.8. The van der Waals surface area contributed by atoms with Crippen molar-refractivity contribution in [1.82, 2.24) is 97.4 Å². The molecule has 4 saturated carbocycles. The Morgan fingerprint density at radius 3 is 0.929 bits per heavy atom. The van der Waals surface area contributed by atoms with E-state index in [1.54, 1.807) is 90.8 Å². The van der Waals surface area contributed by atoms with E-state index in [1.807, 2.05) is 62.8 Å². The summed E-state index contributed by atoms with van der Waals surface area (Å²) in [6.45, 7) is 9.32. The van der Waals surface area contributed by atoms with Crippen molar-refractivity contribution in [3.63, 3.8) is 0 Å². The predicted octanol–water partition coefficient (Wildman–Crippen LogP) is 10.6. The minimum atomic E-state index is -3.11. The van der Waals surface area contributed by atoms with Gasteiger partial charge in [-0.1, -0.05) is 46.4 Å². The summed E-state index contributed by atoms with van der Waals surface area (Å²) in [4.78, 5) is 62.1. The highest BCUT2D eigenvalue weighted by Crippen LogP contribution is 2.48. The molecule has 2 amide bonds. The SMILES string of the molecule is CC(=O)N1CC2CC(Nc3nc(Nc4cnn(C)c4)ncc3Cl)CC2C1.CC(=O)N1CCC2(CCC(Nc3nc(Nc4cnn(C)c4)ncc3Cl)CC2)CC1.Cn1cc(Nc2ncc(Cl)c(NC3CC4CN(S(C)(=O)=O)CC4C3)n2)cn1.Cn1cc(Nc2ncc(Cl)c(NC3CCC4(CC3)CCN(S(C)(=O)=O)CC4)n2)cn1. The Kier molecular flexibility index (Phi) is 25.5. The number of carbonyl (C=O) groups excluding carboxylic acids is 2. The van der Waals surface area contributed by atoms with Crippen LogP contribution in [-0.2, 0) is 57.8 Å². The first-order valence-electron chi connectivity index (χ1n) is 38.0. The third-order valence-corrected chi connectivity index (χ3v) is 26.8. The van der Waals surface area contributed by atoms with E-state index in [9.17, 15) is 26.4 Å². The highest BCUT2D eigenvalue weighted by atomic mass is 35.5. The molecule has 8 aliphatic rings. The number of aromatic nitrogens is 16. The van der Waals surface area contributed by atoms with E-state index < -0.39 is 20.0 Å². The maximum Gasteiger partial charge on any atom is 0.229 e. The van der Waals surface area contributed by atoms with Crippen LogP contribution in [0.5, 0.6) is 0 Å². The predicted molar refractivity (Wildman–Crippen MR) is 434 cm³/mol. The average molecular weight is 1660 g/mol. The molecule has 0 aromatic carbocycles. The van der Waals surface area contributed by atoms with E-state index >= 15 is 0 Å². The number of nitrogens with one attached hydrogen (secondary N) is 8. The van der Waals surface area contributed by atoms with Crippen LogP contribution in [0.4, 0.5) is 69.8 Å². The van der Waals surface area contributed by atoms with Crippen molar-refractivity contribution in [3.05, 3.63) is 94.5 Å². The fourth-order valence-corrected chi connectivity index (χ4v) is 19.4. The number of rotatable bonds is 18. The van der Waals surface area contributed by atoms with Crippen LogP contribution in [0.2, 0.25) is 20.1 Å². The number of amides is 2. The van der Waals surface area contributed by atoms with Crippen molar-refractivity contribution in [2.45, 2.75) is 141 Å². The van der Waals surface area contributed by atoms with Gasteiger partial charge in [-0.15, -0.1) is 0 Å². The molecule has 2 spiro atoms. The second-order valence-electron chi connectivity index (χ2n) is 31.3. The van der Waals surface area contributed by atoms with Crippen molar-refractivity contribution >= 4 is 148 Å². The van der Waals surface area contributed by atoms with Crippen molar-refractivity contribution in [2.24, 2.45) is 62.7 Å². The lowest BCUT2D eigenvalue weighted by molar-refractivity contribution is -0.131. The number of aryl methyl sites for hydroxylation is 4. The van der Waals surface area contributed by atoms with Crippen LogP contribution in [0.1, 0.15) is 117 Å². The molecule has 4 aliphatic heterocycles. The molecule has 4 unspecified atom stereocenters. The zero-order chi connectivity index (χ0) is 79.2. The van der Waals surface area contributed by atoms with Gasteiger partial charge < -0.3 is 52.3 Å². The van der Waals surface area contributed by atoms with Crippen LogP contribution >= 0.6 is 46.4 Å². The van der Waals surface area contributed by atoms with Gasteiger partial charge in [0, 0.05) is 143 Å². The Morgan fingerprint density at radius 1 is 0.384 bits per heavy atom. The van der Waals surface area contributed by atoms with E-state index in [0.29, 0.717) is 141 Å². The largest absolute Gasteiger partial charge is 0.366 e. The Bertz CT molecular complexity index is 4790. The molecule has 12 heterocycles. The minimum Gasteiger partial charge on any atom is -0.366 e. The van der Waals surface area contributed by atoms with Crippen molar-refractivity contribution in [1.29, 1.82) is 0 Å². The van der Waals surface area contributed by atoms with Crippen LogP contribution in [-0.4, -0.2) is 215 Å². The summed E-state index contributed by atoms with van der Waals surface area (Å²) < 4.78 is 57.0. The summed E-state index contributed by atoms with van der Waals surface area (Å²) in [6, 6.07) is 1.19. The first-order chi connectivity index (χ1) is 53.4. The third-order valence-electron chi connectivity index (χ3n) is 23.2. The van der Waals surface area contributed by atoms with Gasteiger partial charge in [-0.05, 0) is 137 Å². The zero-order valence-corrected chi connectivity index (χ0v) is 68.9. The molecule has 8 fully saturated rings. The molecule has 4 atom stereocenters. The van der Waals surface area contributed by atoms with Crippen molar-refractivity contribution in [3.8, 4) is 0 Å². The summed E-state index contributed by atoms with van der Waals surface area (Å²) in [5, 5.41) is 44.9. The highest BCUT2D eigenvalue weighted by molar-refractivity contribution is 7.88. The molecule has 16 rings (SSSR count). The lowest BCUT2D eigenvalue weighted by Gasteiger charge is -2.46. The minimum absolute atomic E-state index is 0.175. The van der Waals surface area contributed by atoms with Gasteiger partial charge >= 0.3 is 0 Å². The Balaban J connectivity index is 0.000000131. The van der Waals surface area contributed by atoms with Gasteiger partial charge in [-0.3, -0.25) is 28.3 Å². The number of nitrogens with zero attached hydrogens (tertiary/aromatic N) is 20. The summed E-state index contributed by atoms with van der Waals surface area (Å²) in [7, 11) is 1.21. The molecular formula is C72H100Cl4N28O6S2. The molecule has 40 heteroatoms. The topological polar surface area (TPSA) is 386 Å². The van der Waals surface area contributed by atoms with E-state index in [2.05, 4.69) is 103 Å². The number of carbonyl (C=O) groups is 2. The maximum atomic E-state index is 11.8. The summed E-state index contributed by atoms with van der Waals surface area (Å²) >= 11 is 25.2. The molecule has 4 aliphatic carbocycles. The van der Waals surface area contributed by atoms with E-state index in [-0.39, 0.29) is 23.3 Å². The van der Waals surface area contributed by atoms with Crippen LogP contribution in [0.3, 0.4) is 0 Å². The Labute approximate surface area is 673 Å². The van der Waals surface area contributed by atoms with E-state index in [1.165, 1.54) is 25.4 Å². The number of halogens is 4. The van der Waals surface area contributed by atoms with Crippen molar-refractivity contribution < 1.29 is 26.4 Å². The number of sulfonamides is 2. The smallest absolute Gasteiger partial charge is 0.229 e. The highest BCUT2D eigenvalue weighted by Gasteiger charge is 2.46. The quantitative estimate of drug-likeness (QED) is 0.0395. The lowest BCUT2D eigenvalue weighted by atomic mass is 9.67. The lowest BCUT2D eigenvalue weighted by Crippen LogP contribution is -2.45. The molecule has 8 aromatic rings. The summed E-state index contributed by atoms with van der Waals surface area (Å²) in [5.41, 5.74) is 3.92. The molecule has 4 saturated heterocycles. The maximum absolute atomic E-state index is 11.8. The number of piperidine rings is 2. The number of hydrogen-bond acceptors (Lipinski definition) is 26. The molecule has 0 bridgehead atoms. The van der Waals surface area contributed by atoms with Crippen LogP contribution < -0.4 is 42.5 Å². The van der Waals surface area contributed by atoms with Gasteiger partial charge in [0.25, 0.3) is 0 Å². The number of likely N-dealkylation sites (tertiary alicyclic amines) is 2. The van der Waals surface area contributed by atoms with E-state index in [0.717, 1.165) is 139 Å². The van der Waals surface area contributed by atoms with Crippen LogP contribution in [0.25, 0.3) is 0 Å². The fourth-order valence-electron chi connectivity index (χ4n) is 17.0. The van der Waals surface area contributed by atoms with Gasteiger partial charge in [0.2, 0.25) is 55.7 Å². The summed E-state index contributed by atoms with van der Waals surface area (Å²) in [5.74, 6) is 6.66. The van der Waals surface area contributed by atoms with E-state index in [4.69, 9.17) is 46.4 Å². The van der Waals surface area contributed by atoms with Gasteiger partial charge in [0.15, 0.2) is 23.3 Å². The second kappa shape index (κ2) is 35.1. The first-order valence-corrected chi connectivity index (χ1v) is 43.2. The molecule has 34 nitrogen and oxygen atoms in total. The second-order valence-corrected chi connectivity index (χ2v) is 36.9. The molecule has 112 heavy (non-hydrogen) atoms. The molecule has 8 aromatic heterocycles. The standard InChI is InChI=1S/C20H28ClN7O.C19H28ClN7O2S.C17H22ClN7O.C16H22ClN7O2S/c1-14(29)28-9-7-20(8-10-28)5-3-15(4-6-20)24-18-17(21)12-22-19(26-18)25-16-11-23-27(2)13-16;1-26-13-15(11-22-26)24-18-21-12-16(20)17(25-18)23-14-3-5-19(6-4-14)7-9-27(10-8-19)30(2,28)29;1-10(26)25-7-11-3-13(4-12(11)8-25)21-16-15(18)6-19-17(23-16)22-14-5-20-24(2)9-14;1-23-9-13(5-19-23)21-16-18-6-14(17)15(22-16)20-12-3-10-7-24(27(2,25)26)8-11(10)4-12/h11-13,15H,3-10H2,1-2H3,(H2,22,24,25,26);11-14H,3-10H2,1-2H3,(H2,21,23,24,25);5-6,9,11-13H,3-4,7-8H2,1-2H3,(H2,19,21,22,23);5-6,9-12H,3-4,7-8H2,1-2H3,(H2,18,20,21,22). The van der Waals surface area contributed by atoms with Gasteiger partial charge in [-0.2, -0.15) is 40.3 Å². The molecule has 8 N–H and O–H groups in total. The summed E-state index contributed by atoms with van der Waals surface area (Å²) in [6.07, 6.45) is 39.9. The molecular weight excluding hydrogens is 1560 g/mol. The number of hydrogen-bond donors (Lipinski definition) is 8.